The van der Waals surface area contributed by atoms with Gasteiger partial charge in [0.25, 0.3) is 0 Å². The minimum absolute atomic E-state index is 0.0427. The Labute approximate surface area is 132 Å². The van der Waals surface area contributed by atoms with Crippen LogP contribution in [0.15, 0.2) is 54.6 Å². The molecular weight excluding hydrogens is 451 g/mol. The fraction of sp³-hybridized carbons (Fsp3) is 0. The quantitative estimate of drug-likeness (QED) is 0.363. The van der Waals surface area contributed by atoms with Gasteiger partial charge in [-0.1, -0.05) is 29.8 Å². The molecule has 0 unspecified atom stereocenters. The molecule has 0 atom stereocenters. The van der Waals surface area contributed by atoms with Gasteiger partial charge >= 0.3 is 54.2 Å². The Balaban J connectivity index is 0.000000270. The minimum atomic E-state index is -10.7. The van der Waals surface area contributed by atoms with Gasteiger partial charge in [0.15, 0.2) is 7.14 Å². The molecule has 0 N–H and O–H groups in total. The third-order valence-corrected chi connectivity index (χ3v) is 4.69. The second kappa shape index (κ2) is 5.93. The van der Waals surface area contributed by atoms with Crippen LogP contribution >= 0.6 is 19.4 Å². The van der Waals surface area contributed by atoms with E-state index in [0.717, 1.165) is 5.02 Å². The summed E-state index contributed by atoms with van der Waals surface area (Å²) >= 11 is 5.78. The number of hydrogen-bond donors (Lipinski definition) is 0. The van der Waals surface area contributed by atoms with Crippen molar-refractivity contribution in [3.63, 3.8) is 0 Å². The summed E-state index contributed by atoms with van der Waals surface area (Å²) in [6, 6.07) is 18.7. The Morgan fingerprint density at radius 2 is 1.05 bits per heavy atom. The number of halogens is 8. The van der Waals surface area contributed by atoms with Crippen molar-refractivity contribution in [2.45, 2.75) is 0 Å². The van der Waals surface area contributed by atoms with Crippen LogP contribution in [0, 0.1) is 7.14 Å². The van der Waals surface area contributed by atoms with Crippen molar-refractivity contribution in [3.8, 4) is 0 Å². The molecule has 0 amide bonds. The van der Waals surface area contributed by atoms with Gasteiger partial charge in [-0.3, -0.25) is 0 Å². The maximum absolute atomic E-state index is 10.7. The number of benzene rings is 2. The molecule has 0 aromatic heterocycles. The summed E-state index contributed by atoms with van der Waals surface area (Å²) in [5.41, 5.74) is 0. The molecule has 118 valence electrons. The van der Waals surface area contributed by atoms with Crippen molar-refractivity contribution in [3.05, 3.63) is 66.8 Å². The predicted octanol–water partition coefficient (Wildman–Crippen LogP) is 3.85. The first-order valence-electron chi connectivity index (χ1n) is 5.31. The molecule has 0 saturated carbocycles. The number of hydrogen-bond acceptors (Lipinski definition) is 0. The van der Waals surface area contributed by atoms with Crippen LogP contribution in [0.4, 0.5) is 25.2 Å². The van der Waals surface area contributed by atoms with Gasteiger partial charge in [0.1, 0.15) is 0 Å². The summed E-state index contributed by atoms with van der Waals surface area (Å²) in [6.07, 6.45) is 0. The molecule has 0 saturated heterocycles. The molecule has 0 spiro atoms. The van der Waals surface area contributed by atoms with E-state index < -0.39 is 7.81 Å². The second-order valence-electron chi connectivity index (χ2n) is 3.78. The van der Waals surface area contributed by atoms with Crippen LogP contribution in [-0.2, 0) is 0 Å². The zero-order valence-electron chi connectivity index (χ0n) is 10.2. The van der Waals surface area contributed by atoms with E-state index in [9.17, 15) is 25.2 Å². The summed E-state index contributed by atoms with van der Waals surface area (Å²) in [4.78, 5) is 0. The van der Waals surface area contributed by atoms with E-state index in [-0.39, 0.29) is 21.2 Å². The van der Waals surface area contributed by atoms with Crippen molar-refractivity contribution in [1.82, 2.24) is 0 Å². The first-order chi connectivity index (χ1) is 9.29. The van der Waals surface area contributed by atoms with Gasteiger partial charge in [-0.05, 0) is 36.4 Å². The number of rotatable bonds is 2. The van der Waals surface area contributed by atoms with Crippen LogP contribution in [0.3, 0.4) is 0 Å². The summed E-state index contributed by atoms with van der Waals surface area (Å²) in [5, 5.41) is 0.811. The van der Waals surface area contributed by atoms with Crippen LogP contribution in [0.5, 0.6) is 0 Å². The molecule has 0 bridgehead atoms. The van der Waals surface area contributed by atoms with Gasteiger partial charge in [-0.25, -0.2) is 0 Å². The van der Waals surface area contributed by atoms with Gasteiger partial charge in [-0.15, -0.1) is 0 Å². The average Bonchev–Trinajstić information content (AvgIpc) is 2.30. The van der Waals surface area contributed by atoms with Gasteiger partial charge in [-0.2, -0.15) is 0 Å². The molecule has 0 heterocycles. The molecule has 2 aromatic rings. The molecule has 0 aliphatic heterocycles. The van der Waals surface area contributed by atoms with E-state index in [4.69, 9.17) is 11.6 Å². The molecule has 2 rings (SSSR count). The van der Waals surface area contributed by atoms with Crippen LogP contribution in [-0.4, -0.2) is 0 Å². The Kier molecular flexibility index (Phi) is 5.23. The Morgan fingerprint density at radius 3 is 1.48 bits per heavy atom. The molecule has 2 aromatic carbocycles. The summed E-state index contributed by atoms with van der Waals surface area (Å²) in [6.45, 7) is 0. The molecule has 21 heavy (non-hydrogen) atoms. The SMILES string of the molecule is Clc1ccc([I+]c2ccccc2)cc1.F[P-](F)(F)(F)(F)F. The Morgan fingerprint density at radius 1 is 0.667 bits per heavy atom. The van der Waals surface area contributed by atoms with E-state index in [1.165, 1.54) is 7.14 Å². The third kappa shape index (κ3) is 12.9. The third-order valence-electron chi connectivity index (χ3n) is 1.75. The molecule has 9 heteroatoms. The van der Waals surface area contributed by atoms with Crippen LogP contribution in [0.1, 0.15) is 0 Å². The summed E-state index contributed by atoms with van der Waals surface area (Å²) in [7, 11) is -10.7. The van der Waals surface area contributed by atoms with Crippen molar-refractivity contribution in [1.29, 1.82) is 0 Å². The van der Waals surface area contributed by atoms with Crippen molar-refractivity contribution < 1.29 is 46.4 Å². The fourth-order valence-corrected chi connectivity index (χ4v) is 3.44. The zero-order chi connectivity index (χ0) is 16.2. The Hall–Kier alpha value is -0.530. The van der Waals surface area contributed by atoms with Gasteiger partial charge in [0.2, 0.25) is 0 Å². The summed E-state index contributed by atoms with van der Waals surface area (Å²) in [5.74, 6) is 0. The van der Waals surface area contributed by atoms with Gasteiger partial charge in [0.05, 0.1) is 0 Å². The second-order valence-corrected chi connectivity index (χ2v) is 9.17. The predicted molar refractivity (Wildman–Crippen MR) is 68.9 cm³/mol. The fourth-order valence-electron chi connectivity index (χ4n) is 1.10. The monoisotopic (exact) mass is 460 g/mol. The first kappa shape index (κ1) is 18.5. The standard InChI is InChI=1S/C12H9ClI.F6P/c13-10-6-8-12(9-7-10)14-11-4-2-1-3-5-11;1-7(2,3,4,5)6/h1-9H;/q+1;-1. The molecule has 0 aliphatic rings. The summed E-state index contributed by atoms with van der Waals surface area (Å²) < 4.78 is 62.0. The van der Waals surface area contributed by atoms with Gasteiger partial charge in [0, 0.05) is 5.02 Å². The van der Waals surface area contributed by atoms with Crippen molar-refractivity contribution in [2.75, 3.05) is 0 Å². The molecule has 0 nitrogen and oxygen atoms in total. The molecule has 0 radical (unpaired) electrons. The van der Waals surface area contributed by atoms with E-state index in [1.54, 1.807) is 0 Å². The normalized spacial score (nSPS) is 14.4. The topological polar surface area (TPSA) is 0 Å². The van der Waals surface area contributed by atoms with Crippen molar-refractivity contribution in [2.24, 2.45) is 0 Å². The van der Waals surface area contributed by atoms with Crippen LogP contribution < -0.4 is 21.2 Å². The first-order valence-corrected chi connectivity index (χ1v) is 9.88. The maximum atomic E-state index is 9.87. The van der Waals surface area contributed by atoms with E-state index >= 15 is 0 Å². The van der Waals surface area contributed by atoms with Crippen LogP contribution in [0.25, 0.3) is 0 Å². The Bertz CT molecular complexity index is 571. The van der Waals surface area contributed by atoms with E-state index in [2.05, 4.69) is 42.5 Å². The molecular formula is C12H9ClF6IP. The average molecular weight is 461 g/mol. The van der Waals surface area contributed by atoms with E-state index in [1.807, 2.05) is 12.1 Å². The van der Waals surface area contributed by atoms with E-state index in [0.29, 0.717) is 0 Å². The molecule has 0 fully saturated rings. The molecule has 0 aliphatic carbocycles. The zero-order valence-corrected chi connectivity index (χ0v) is 14.0. The van der Waals surface area contributed by atoms with Crippen molar-refractivity contribution >= 4 is 19.4 Å². The van der Waals surface area contributed by atoms with Crippen LogP contribution in [0.2, 0.25) is 5.02 Å². The van der Waals surface area contributed by atoms with Gasteiger partial charge < -0.3 is 0 Å².